The summed E-state index contributed by atoms with van der Waals surface area (Å²) >= 11 is 6.18. The lowest BCUT2D eigenvalue weighted by Crippen LogP contribution is -2.58. The van der Waals surface area contributed by atoms with E-state index in [9.17, 15) is 14.0 Å². The Labute approximate surface area is 223 Å². The lowest BCUT2D eigenvalue weighted by Gasteiger charge is -2.48. The van der Waals surface area contributed by atoms with Gasteiger partial charge in [-0.05, 0) is 43.1 Å². The van der Waals surface area contributed by atoms with Crippen molar-refractivity contribution in [2.24, 2.45) is 17.6 Å². The fourth-order valence-electron chi connectivity index (χ4n) is 6.75. The number of benzene rings is 1. The third-order valence-electron chi connectivity index (χ3n) is 8.63. The van der Waals surface area contributed by atoms with Crippen LogP contribution in [0, 0.1) is 17.7 Å². The number of piperazine rings is 1. The number of fused-ring (bicyclic) bond motifs is 1. The van der Waals surface area contributed by atoms with Crippen molar-refractivity contribution in [3.05, 3.63) is 47.0 Å². The number of rotatable bonds is 7. The predicted molar refractivity (Wildman–Crippen MR) is 143 cm³/mol. The normalized spacial score (nSPS) is 23.3. The molecule has 5 rings (SSSR count). The van der Waals surface area contributed by atoms with Gasteiger partial charge in [0.2, 0.25) is 5.91 Å². The summed E-state index contributed by atoms with van der Waals surface area (Å²) in [5.41, 5.74) is 7.35. The molecule has 0 radical (unpaired) electrons. The van der Waals surface area contributed by atoms with Gasteiger partial charge in [0.1, 0.15) is 11.5 Å². The molecule has 3 atom stereocenters. The summed E-state index contributed by atoms with van der Waals surface area (Å²) in [4.78, 5) is 30.2. The average Bonchev–Trinajstić information content (AvgIpc) is 3.34. The molecule has 2 aromatic rings. The van der Waals surface area contributed by atoms with Crippen molar-refractivity contribution < 1.29 is 14.0 Å². The molecular weight excluding hydrogens is 493 g/mol. The molecule has 2 fully saturated rings. The quantitative estimate of drug-likeness (QED) is 0.569. The van der Waals surface area contributed by atoms with E-state index in [4.69, 9.17) is 17.3 Å². The molecule has 200 valence electrons. The van der Waals surface area contributed by atoms with Crippen LogP contribution in [0.2, 0.25) is 5.02 Å². The van der Waals surface area contributed by atoms with E-state index in [0.29, 0.717) is 40.7 Å². The van der Waals surface area contributed by atoms with Crippen LogP contribution in [0.5, 0.6) is 0 Å². The second-order valence-electron chi connectivity index (χ2n) is 11.0. The van der Waals surface area contributed by atoms with E-state index in [-0.39, 0.29) is 35.6 Å². The predicted octanol–water partition coefficient (Wildman–Crippen LogP) is 3.92. The highest BCUT2D eigenvalue weighted by molar-refractivity contribution is 6.30. The molecule has 1 saturated heterocycles. The topological polar surface area (TPSA) is 83.6 Å². The molecule has 3 aliphatic rings. The van der Waals surface area contributed by atoms with Crippen LogP contribution in [0.3, 0.4) is 0 Å². The third kappa shape index (κ3) is 5.56. The van der Waals surface area contributed by atoms with Crippen LogP contribution in [0.1, 0.15) is 55.1 Å². The molecule has 9 heteroatoms. The first-order chi connectivity index (χ1) is 17.8. The monoisotopic (exact) mass is 529 g/mol. The van der Waals surface area contributed by atoms with Crippen molar-refractivity contribution >= 4 is 23.4 Å². The van der Waals surface area contributed by atoms with Crippen molar-refractivity contribution in [1.82, 2.24) is 19.7 Å². The molecule has 2 amide bonds. The van der Waals surface area contributed by atoms with Crippen molar-refractivity contribution in [3.8, 4) is 11.1 Å². The number of nitrogens with two attached hydrogens (primary N) is 1. The Morgan fingerprint density at radius 2 is 1.89 bits per heavy atom. The van der Waals surface area contributed by atoms with Crippen molar-refractivity contribution in [2.45, 2.75) is 50.6 Å². The Morgan fingerprint density at radius 3 is 2.59 bits per heavy atom. The fourth-order valence-corrected chi connectivity index (χ4v) is 6.93. The van der Waals surface area contributed by atoms with Gasteiger partial charge in [-0.3, -0.25) is 14.5 Å². The minimum Gasteiger partial charge on any atom is -0.370 e. The van der Waals surface area contributed by atoms with Crippen LogP contribution in [-0.2, 0) is 4.79 Å². The van der Waals surface area contributed by atoms with Crippen LogP contribution >= 0.6 is 11.6 Å². The second-order valence-corrected chi connectivity index (χ2v) is 11.4. The van der Waals surface area contributed by atoms with Gasteiger partial charge in [-0.25, -0.2) is 4.39 Å². The van der Waals surface area contributed by atoms with Crippen LogP contribution in [-0.4, -0.2) is 72.0 Å². The second kappa shape index (κ2) is 11.1. The molecule has 3 heterocycles. The zero-order valence-electron chi connectivity index (χ0n) is 21.5. The first-order valence-electron chi connectivity index (χ1n) is 13.5. The number of nitrogens with zero attached hydrogens (tertiary/aromatic N) is 3. The van der Waals surface area contributed by atoms with Gasteiger partial charge in [0.25, 0.3) is 5.91 Å². The number of nitrogens with one attached hydrogen (secondary N) is 1. The first kappa shape index (κ1) is 26.2. The number of hydrogen-bond acceptors (Lipinski definition) is 4. The van der Waals surface area contributed by atoms with Gasteiger partial charge in [0, 0.05) is 67.5 Å². The van der Waals surface area contributed by atoms with Crippen LogP contribution in [0.4, 0.5) is 4.39 Å². The highest BCUT2D eigenvalue weighted by Crippen LogP contribution is 2.41. The molecule has 3 N–H and O–H groups in total. The van der Waals surface area contributed by atoms with Gasteiger partial charge in [0.05, 0.1) is 6.04 Å². The number of hydrogen-bond donors (Lipinski definition) is 2. The van der Waals surface area contributed by atoms with Crippen LogP contribution < -0.4 is 11.1 Å². The van der Waals surface area contributed by atoms with Gasteiger partial charge in [0.15, 0.2) is 0 Å². The maximum atomic E-state index is 14.8. The van der Waals surface area contributed by atoms with E-state index in [1.807, 2.05) is 10.8 Å². The Morgan fingerprint density at radius 1 is 1.16 bits per heavy atom. The summed E-state index contributed by atoms with van der Waals surface area (Å²) in [6, 6.07) is 6.15. The molecule has 1 unspecified atom stereocenters. The minimum absolute atomic E-state index is 0.0214. The third-order valence-corrected chi connectivity index (χ3v) is 8.87. The molecule has 0 spiro atoms. The van der Waals surface area contributed by atoms with Gasteiger partial charge in [-0.2, -0.15) is 0 Å². The van der Waals surface area contributed by atoms with E-state index < -0.39 is 0 Å². The minimum atomic E-state index is -0.381. The van der Waals surface area contributed by atoms with Crippen LogP contribution in [0.25, 0.3) is 11.1 Å². The average molecular weight is 530 g/mol. The number of primary amides is 1. The number of carbonyl (C=O) groups is 2. The van der Waals surface area contributed by atoms with Gasteiger partial charge >= 0.3 is 0 Å². The summed E-state index contributed by atoms with van der Waals surface area (Å²) in [6.07, 6.45) is 7.98. The van der Waals surface area contributed by atoms with Gasteiger partial charge in [-0.15, -0.1) is 0 Å². The molecule has 1 aromatic carbocycles. The molecule has 7 nitrogen and oxygen atoms in total. The summed E-state index contributed by atoms with van der Waals surface area (Å²) in [5.74, 6) is -0.334. The molecule has 0 bridgehead atoms. The Kier molecular flexibility index (Phi) is 7.88. The molecule has 1 aliphatic carbocycles. The number of amides is 2. The summed E-state index contributed by atoms with van der Waals surface area (Å²) in [7, 11) is 2.13. The SMILES string of the molecule is CN1CCN(C([C@@H](CC(N)=O)C2CCCCC2)[C@@H]2CNC(=O)c3cc(-c4cc(Cl)ccc4F)cn32)CC1. The number of likely N-dealkylation sites (N-methyl/N-ethyl adjacent to an activating group) is 1. The van der Waals surface area contributed by atoms with E-state index in [1.165, 1.54) is 31.4 Å². The van der Waals surface area contributed by atoms with E-state index >= 15 is 0 Å². The van der Waals surface area contributed by atoms with Crippen molar-refractivity contribution in [1.29, 1.82) is 0 Å². The molecule has 1 aromatic heterocycles. The van der Waals surface area contributed by atoms with Gasteiger partial charge in [-0.1, -0.05) is 43.7 Å². The highest BCUT2D eigenvalue weighted by atomic mass is 35.5. The molecule has 1 saturated carbocycles. The zero-order valence-corrected chi connectivity index (χ0v) is 22.2. The van der Waals surface area contributed by atoms with E-state index in [0.717, 1.165) is 39.0 Å². The Balaban J connectivity index is 1.58. The lowest BCUT2D eigenvalue weighted by atomic mass is 9.72. The van der Waals surface area contributed by atoms with Crippen LogP contribution in [0.15, 0.2) is 30.5 Å². The van der Waals surface area contributed by atoms with Crippen molar-refractivity contribution in [3.63, 3.8) is 0 Å². The molecular formula is C28H37ClFN5O2. The fraction of sp³-hybridized carbons (Fsp3) is 0.571. The maximum absolute atomic E-state index is 14.8. The standard InChI is InChI=1S/C28H37ClFN5O2/c1-33-9-11-34(12-10-33)27(22(15-26(31)36)18-5-3-2-4-6-18)25-16-32-28(37)24-13-19(17-35(24)25)21-14-20(29)7-8-23(21)30/h7-8,13-14,17-18,22,25,27H,2-6,9-12,15-16H2,1H3,(H2,31,36)(H,32,37)/t22-,25-,27?/m0/s1. The summed E-state index contributed by atoms with van der Waals surface area (Å²) < 4.78 is 16.8. The Bertz CT molecular complexity index is 1140. The maximum Gasteiger partial charge on any atom is 0.268 e. The molecule has 2 aliphatic heterocycles. The zero-order chi connectivity index (χ0) is 26.1. The summed E-state index contributed by atoms with van der Waals surface area (Å²) in [6.45, 7) is 4.12. The van der Waals surface area contributed by atoms with Crippen molar-refractivity contribution in [2.75, 3.05) is 39.8 Å². The van der Waals surface area contributed by atoms with E-state index in [2.05, 4.69) is 22.2 Å². The largest absolute Gasteiger partial charge is 0.370 e. The first-order valence-corrected chi connectivity index (χ1v) is 13.9. The number of carbonyl (C=O) groups excluding carboxylic acids is 2. The highest BCUT2D eigenvalue weighted by Gasteiger charge is 2.43. The smallest absolute Gasteiger partial charge is 0.268 e. The summed E-state index contributed by atoms with van der Waals surface area (Å²) in [5, 5.41) is 3.53. The van der Waals surface area contributed by atoms with Gasteiger partial charge < -0.3 is 20.5 Å². The number of halogens is 2. The molecule has 37 heavy (non-hydrogen) atoms. The Hall–Kier alpha value is -2.42. The van der Waals surface area contributed by atoms with E-state index in [1.54, 1.807) is 12.1 Å². The lowest BCUT2D eigenvalue weighted by molar-refractivity contribution is -0.120. The number of aromatic nitrogens is 1.